The lowest BCUT2D eigenvalue weighted by molar-refractivity contribution is 0.110. The maximum atomic E-state index is 5.91. The number of benzene rings is 1. The van der Waals surface area contributed by atoms with Gasteiger partial charge in [0.25, 0.3) is 0 Å². The Morgan fingerprint density at radius 2 is 1.96 bits per heavy atom. The first kappa shape index (κ1) is 22.2. The van der Waals surface area contributed by atoms with Crippen LogP contribution in [-0.2, 0) is 17.8 Å². The molecule has 0 aliphatic heterocycles. The Hall–Kier alpha value is -2.12. The number of rotatable bonds is 10. The summed E-state index contributed by atoms with van der Waals surface area (Å²) >= 11 is 1.72. The van der Waals surface area contributed by atoms with Crippen molar-refractivity contribution in [1.82, 2.24) is 15.6 Å². The van der Waals surface area contributed by atoms with Gasteiger partial charge in [0.1, 0.15) is 17.4 Å². The van der Waals surface area contributed by atoms with Crippen molar-refractivity contribution in [2.75, 3.05) is 26.4 Å². The van der Waals surface area contributed by atoms with Gasteiger partial charge >= 0.3 is 0 Å². The summed E-state index contributed by atoms with van der Waals surface area (Å²) in [6.45, 7) is 14.1. The third-order valence-electron chi connectivity index (χ3n) is 4.14. The fourth-order valence-corrected chi connectivity index (χ4v) is 3.44. The average Bonchev–Trinajstić information content (AvgIpc) is 3.00. The van der Waals surface area contributed by atoms with Crippen LogP contribution in [-0.4, -0.2) is 37.3 Å². The Balaban J connectivity index is 2.02. The Labute approximate surface area is 172 Å². The number of hydrogen-bond acceptors (Lipinski definition) is 5. The first-order valence-electron chi connectivity index (χ1n) is 9.78. The minimum Gasteiger partial charge on any atom is -0.491 e. The summed E-state index contributed by atoms with van der Waals surface area (Å²) in [6.07, 6.45) is 0. The summed E-state index contributed by atoms with van der Waals surface area (Å²) in [5.74, 6) is 1.64. The predicted molar refractivity (Wildman–Crippen MR) is 116 cm³/mol. The number of guanidine groups is 1. The molecule has 0 fully saturated rings. The van der Waals surface area contributed by atoms with Crippen LogP contribution in [0.5, 0.6) is 5.75 Å². The number of thiazole rings is 1. The van der Waals surface area contributed by atoms with E-state index in [9.17, 15) is 0 Å². The number of aromatic nitrogens is 1. The molecule has 0 spiro atoms. The van der Waals surface area contributed by atoms with Gasteiger partial charge in [0, 0.05) is 23.6 Å². The molecule has 0 aliphatic carbocycles. The van der Waals surface area contributed by atoms with Crippen LogP contribution in [0.2, 0.25) is 0 Å². The minimum atomic E-state index is 0.537. The molecular formula is C21H32N4O2S. The van der Waals surface area contributed by atoms with Crippen molar-refractivity contribution in [3.8, 4) is 5.75 Å². The molecule has 154 valence electrons. The van der Waals surface area contributed by atoms with Crippen LogP contribution >= 0.6 is 11.3 Å². The lowest BCUT2D eigenvalue weighted by Gasteiger charge is -2.13. The molecule has 0 amide bonds. The van der Waals surface area contributed by atoms with Crippen LogP contribution in [0.1, 0.15) is 40.6 Å². The third-order valence-corrected chi connectivity index (χ3v) is 5.22. The van der Waals surface area contributed by atoms with E-state index in [1.807, 2.05) is 13.8 Å². The van der Waals surface area contributed by atoms with E-state index in [4.69, 9.17) is 14.5 Å². The van der Waals surface area contributed by atoms with Crippen molar-refractivity contribution in [2.24, 2.45) is 4.99 Å². The normalized spacial score (nSPS) is 11.5. The minimum absolute atomic E-state index is 0.537. The maximum absolute atomic E-state index is 5.91. The fourth-order valence-electron chi connectivity index (χ4n) is 2.56. The van der Waals surface area contributed by atoms with E-state index < -0.39 is 0 Å². The lowest BCUT2D eigenvalue weighted by atomic mass is 10.1. The van der Waals surface area contributed by atoms with Gasteiger partial charge in [0.05, 0.1) is 25.4 Å². The van der Waals surface area contributed by atoms with Gasteiger partial charge in [-0.15, -0.1) is 11.3 Å². The van der Waals surface area contributed by atoms with Crippen molar-refractivity contribution >= 4 is 17.3 Å². The number of nitrogens with one attached hydrogen (secondary N) is 2. The fraction of sp³-hybridized carbons (Fsp3) is 0.524. The van der Waals surface area contributed by atoms with Crippen LogP contribution in [0.4, 0.5) is 0 Å². The maximum Gasteiger partial charge on any atom is 0.191 e. The van der Waals surface area contributed by atoms with Crippen molar-refractivity contribution in [3.63, 3.8) is 0 Å². The van der Waals surface area contributed by atoms with Crippen molar-refractivity contribution in [2.45, 2.75) is 47.7 Å². The molecule has 1 heterocycles. The van der Waals surface area contributed by atoms with Gasteiger partial charge in [-0.3, -0.25) is 0 Å². The molecule has 1 aromatic carbocycles. The zero-order valence-corrected chi connectivity index (χ0v) is 18.4. The lowest BCUT2D eigenvalue weighted by Crippen LogP contribution is -2.36. The van der Waals surface area contributed by atoms with Gasteiger partial charge in [-0.2, -0.15) is 0 Å². The molecule has 0 saturated heterocycles. The topological polar surface area (TPSA) is 67.8 Å². The van der Waals surface area contributed by atoms with Crippen LogP contribution < -0.4 is 15.4 Å². The summed E-state index contributed by atoms with van der Waals surface area (Å²) < 4.78 is 11.3. The molecule has 28 heavy (non-hydrogen) atoms. The van der Waals surface area contributed by atoms with Crippen LogP contribution in [0.3, 0.4) is 0 Å². The molecule has 2 N–H and O–H groups in total. The second-order valence-electron chi connectivity index (χ2n) is 6.45. The Morgan fingerprint density at radius 1 is 1.14 bits per heavy atom. The molecule has 2 rings (SSSR count). The highest BCUT2D eigenvalue weighted by atomic mass is 32.1. The largest absolute Gasteiger partial charge is 0.491 e. The second kappa shape index (κ2) is 11.7. The monoisotopic (exact) mass is 404 g/mol. The standard InChI is InChI=1S/C21H32N4O2S/c1-6-22-21(24-14-20-25-16(4)17(5)28-20)23-13-18-9-8-15(3)12-19(18)27-11-10-26-7-2/h8-9,12H,6-7,10-11,13-14H2,1-5H3,(H2,22,23,24). The quantitative estimate of drug-likeness (QED) is 0.359. The van der Waals surface area contributed by atoms with Crippen LogP contribution in [0.25, 0.3) is 0 Å². The van der Waals surface area contributed by atoms with Crippen LogP contribution in [0.15, 0.2) is 23.2 Å². The number of hydrogen-bond donors (Lipinski definition) is 2. The Kier molecular flexibility index (Phi) is 9.23. The third kappa shape index (κ3) is 7.13. The van der Waals surface area contributed by atoms with Crippen LogP contribution in [0, 0.1) is 20.8 Å². The molecule has 2 aromatic rings. The summed E-state index contributed by atoms with van der Waals surface area (Å²) in [4.78, 5) is 10.6. The number of aryl methyl sites for hydroxylation is 3. The molecule has 0 radical (unpaired) electrons. The van der Waals surface area contributed by atoms with E-state index in [0.717, 1.165) is 34.5 Å². The molecule has 0 atom stereocenters. The van der Waals surface area contributed by atoms with E-state index in [0.29, 0.717) is 32.9 Å². The van der Waals surface area contributed by atoms with Crippen molar-refractivity contribution < 1.29 is 9.47 Å². The van der Waals surface area contributed by atoms with Gasteiger partial charge in [0.2, 0.25) is 0 Å². The molecular weight excluding hydrogens is 372 g/mol. The highest BCUT2D eigenvalue weighted by Crippen LogP contribution is 2.21. The summed E-state index contributed by atoms with van der Waals surface area (Å²) in [5.41, 5.74) is 3.32. The van der Waals surface area contributed by atoms with E-state index in [2.05, 4.69) is 54.6 Å². The molecule has 6 nitrogen and oxygen atoms in total. The molecule has 0 aliphatic rings. The van der Waals surface area contributed by atoms with Crippen molar-refractivity contribution in [3.05, 3.63) is 44.9 Å². The van der Waals surface area contributed by atoms with Gasteiger partial charge < -0.3 is 20.1 Å². The van der Waals surface area contributed by atoms with Gasteiger partial charge in [0.15, 0.2) is 5.96 Å². The van der Waals surface area contributed by atoms with Gasteiger partial charge in [-0.1, -0.05) is 12.1 Å². The van der Waals surface area contributed by atoms with Crippen molar-refractivity contribution in [1.29, 1.82) is 0 Å². The van der Waals surface area contributed by atoms with E-state index in [1.54, 1.807) is 11.3 Å². The Bertz CT molecular complexity index is 754. The molecule has 0 saturated carbocycles. The van der Waals surface area contributed by atoms with Gasteiger partial charge in [-0.05, 0) is 46.2 Å². The number of nitrogens with zero attached hydrogens (tertiary/aromatic N) is 2. The van der Waals surface area contributed by atoms with E-state index in [1.165, 1.54) is 10.4 Å². The molecule has 7 heteroatoms. The highest BCUT2D eigenvalue weighted by Gasteiger charge is 2.07. The zero-order chi connectivity index (χ0) is 20.4. The number of ether oxygens (including phenoxy) is 2. The first-order chi connectivity index (χ1) is 13.5. The predicted octanol–water partition coefficient (Wildman–Crippen LogP) is 3.74. The van der Waals surface area contributed by atoms with E-state index in [-0.39, 0.29) is 0 Å². The zero-order valence-electron chi connectivity index (χ0n) is 17.6. The average molecular weight is 405 g/mol. The van der Waals surface area contributed by atoms with E-state index >= 15 is 0 Å². The molecule has 0 bridgehead atoms. The summed E-state index contributed by atoms with van der Waals surface area (Å²) in [7, 11) is 0. The molecule has 0 unspecified atom stereocenters. The summed E-state index contributed by atoms with van der Waals surface area (Å²) in [5, 5.41) is 7.72. The second-order valence-corrected chi connectivity index (χ2v) is 7.74. The summed E-state index contributed by atoms with van der Waals surface area (Å²) in [6, 6.07) is 6.21. The number of aliphatic imine (C=N–C) groups is 1. The smallest absolute Gasteiger partial charge is 0.191 e. The first-order valence-corrected chi connectivity index (χ1v) is 10.6. The molecule has 1 aromatic heterocycles. The Morgan fingerprint density at radius 3 is 2.64 bits per heavy atom. The SMILES string of the molecule is CCNC(=NCc1ccc(C)cc1OCCOCC)NCc1nc(C)c(C)s1. The highest BCUT2D eigenvalue weighted by molar-refractivity contribution is 7.11. The van der Waals surface area contributed by atoms with Gasteiger partial charge in [-0.25, -0.2) is 9.98 Å².